The quantitative estimate of drug-likeness (QED) is 0.542. The first-order valence-electron chi connectivity index (χ1n) is 10.7. The maximum atomic E-state index is 13.8. The van der Waals surface area contributed by atoms with E-state index in [9.17, 15) is 22.0 Å². The van der Waals surface area contributed by atoms with Crippen LogP contribution in [0.4, 0.5) is 8.78 Å². The summed E-state index contributed by atoms with van der Waals surface area (Å²) in [5, 5.41) is 0. The van der Waals surface area contributed by atoms with Crippen molar-refractivity contribution < 1.29 is 22.0 Å². The van der Waals surface area contributed by atoms with Gasteiger partial charge in [0.15, 0.2) is 0 Å². The minimum atomic E-state index is -3.68. The second-order valence-corrected chi connectivity index (χ2v) is 9.74. The van der Waals surface area contributed by atoms with E-state index >= 15 is 0 Å². The van der Waals surface area contributed by atoms with Gasteiger partial charge in [-0.2, -0.15) is 0 Å². The molecule has 1 amide bonds. The number of aryl methyl sites for hydroxylation is 1. The highest BCUT2D eigenvalue weighted by Gasteiger charge is 2.24. The first-order valence-corrected chi connectivity index (χ1v) is 12.2. The number of hydrogen-bond acceptors (Lipinski definition) is 4. The SMILES string of the molecule is Cc1ncc2c(c1CNS(=O)(=O)c1ccccc1)CCN(C(=O)C=Cc1cc(F)ccc1F)C2. The van der Waals surface area contributed by atoms with Crippen molar-refractivity contribution in [3.8, 4) is 0 Å². The summed E-state index contributed by atoms with van der Waals surface area (Å²) in [5.41, 5.74) is 3.30. The van der Waals surface area contributed by atoms with Crippen LogP contribution in [0.2, 0.25) is 0 Å². The van der Waals surface area contributed by atoms with Crippen LogP contribution in [-0.4, -0.2) is 30.8 Å². The lowest BCUT2D eigenvalue weighted by Crippen LogP contribution is -2.36. The van der Waals surface area contributed by atoms with Crippen LogP contribution in [0.5, 0.6) is 0 Å². The number of carbonyl (C=O) groups excluding carboxylic acids is 1. The topological polar surface area (TPSA) is 79.4 Å². The van der Waals surface area contributed by atoms with E-state index in [-0.39, 0.29) is 29.5 Å². The number of sulfonamides is 1. The summed E-state index contributed by atoms with van der Waals surface area (Å²) >= 11 is 0. The summed E-state index contributed by atoms with van der Waals surface area (Å²) in [4.78, 5) is 18.8. The van der Waals surface area contributed by atoms with E-state index in [1.54, 1.807) is 29.3 Å². The second kappa shape index (κ2) is 9.82. The first-order chi connectivity index (χ1) is 16.2. The van der Waals surface area contributed by atoms with Crippen LogP contribution in [-0.2, 0) is 34.3 Å². The van der Waals surface area contributed by atoms with Gasteiger partial charge >= 0.3 is 0 Å². The van der Waals surface area contributed by atoms with E-state index in [2.05, 4.69) is 9.71 Å². The molecule has 1 aliphatic heterocycles. The molecule has 0 aliphatic carbocycles. The number of rotatable bonds is 6. The lowest BCUT2D eigenvalue weighted by molar-refractivity contribution is -0.126. The van der Waals surface area contributed by atoms with Gasteiger partial charge in [0.05, 0.1) is 4.90 Å². The standard InChI is InChI=1S/C25H23F2N3O3S/c1-17-23(15-29-34(32,33)21-5-3-2-4-6-21)22-11-12-30(16-19(22)14-28-17)25(31)10-7-18-13-20(26)8-9-24(18)27/h2-10,13-14,29H,11-12,15-16H2,1H3. The van der Waals surface area contributed by atoms with Crippen molar-refractivity contribution in [2.45, 2.75) is 31.3 Å². The van der Waals surface area contributed by atoms with Crippen LogP contribution in [0, 0.1) is 18.6 Å². The Hall–Kier alpha value is -3.43. The number of nitrogens with one attached hydrogen (secondary N) is 1. The van der Waals surface area contributed by atoms with Crippen LogP contribution >= 0.6 is 0 Å². The fraction of sp³-hybridized carbons (Fsp3) is 0.200. The summed E-state index contributed by atoms with van der Waals surface area (Å²) in [6.45, 7) is 2.60. The monoisotopic (exact) mass is 483 g/mol. The molecule has 2 aromatic carbocycles. The molecule has 3 aromatic rings. The van der Waals surface area contributed by atoms with Gasteiger partial charge in [-0.15, -0.1) is 0 Å². The molecule has 0 radical (unpaired) electrons. The van der Waals surface area contributed by atoms with Gasteiger partial charge in [-0.3, -0.25) is 9.78 Å². The average Bonchev–Trinajstić information content (AvgIpc) is 2.84. The zero-order valence-corrected chi connectivity index (χ0v) is 19.3. The van der Waals surface area contributed by atoms with Crippen molar-refractivity contribution in [1.82, 2.24) is 14.6 Å². The van der Waals surface area contributed by atoms with Crippen molar-refractivity contribution in [1.29, 1.82) is 0 Å². The number of amides is 1. The third-order valence-corrected chi connectivity index (χ3v) is 7.18. The molecule has 176 valence electrons. The lowest BCUT2D eigenvalue weighted by Gasteiger charge is -2.30. The zero-order chi connectivity index (χ0) is 24.3. The molecular formula is C25H23F2N3O3S. The summed E-state index contributed by atoms with van der Waals surface area (Å²) in [5.74, 6) is -1.53. The third-order valence-electron chi connectivity index (χ3n) is 5.76. The smallest absolute Gasteiger partial charge is 0.246 e. The minimum Gasteiger partial charge on any atom is -0.334 e. The van der Waals surface area contributed by atoms with E-state index in [0.29, 0.717) is 13.0 Å². The molecule has 0 unspecified atom stereocenters. The fourth-order valence-electron chi connectivity index (χ4n) is 3.90. The number of nitrogens with zero attached hydrogens (tertiary/aromatic N) is 2. The van der Waals surface area contributed by atoms with Gasteiger partial charge in [-0.05, 0) is 66.4 Å². The Morgan fingerprint density at radius 1 is 1.18 bits per heavy atom. The Kier molecular flexibility index (Phi) is 6.85. The van der Waals surface area contributed by atoms with Crippen LogP contribution < -0.4 is 4.72 Å². The molecule has 6 nitrogen and oxygen atoms in total. The molecule has 9 heteroatoms. The molecule has 0 atom stereocenters. The molecule has 0 fully saturated rings. The molecule has 2 heterocycles. The molecule has 4 rings (SSSR count). The Balaban J connectivity index is 1.49. The molecule has 0 spiro atoms. The molecular weight excluding hydrogens is 460 g/mol. The normalized spacial score (nSPS) is 13.8. The number of aromatic nitrogens is 1. The molecule has 0 bridgehead atoms. The van der Waals surface area contributed by atoms with Crippen LogP contribution in [0.25, 0.3) is 6.08 Å². The predicted octanol–water partition coefficient (Wildman–Crippen LogP) is 3.74. The van der Waals surface area contributed by atoms with Gasteiger partial charge in [0.1, 0.15) is 11.6 Å². The van der Waals surface area contributed by atoms with Crippen molar-refractivity contribution in [2.24, 2.45) is 0 Å². The van der Waals surface area contributed by atoms with Gasteiger partial charge in [0, 0.05) is 43.2 Å². The maximum absolute atomic E-state index is 13.8. The van der Waals surface area contributed by atoms with Crippen molar-refractivity contribution >= 4 is 22.0 Å². The number of pyridine rings is 1. The Morgan fingerprint density at radius 3 is 2.71 bits per heavy atom. The van der Waals surface area contributed by atoms with Crippen LogP contribution in [0.1, 0.15) is 27.9 Å². The lowest BCUT2D eigenvalue weighted by atomic mass is 9.95. The van der Waals surface area contributed by atoms with Gasteiger partial charge in [0.2, 0.25) is 15.9 Å². The van der Waals surface area contributed by atoms with Gasteiger partial charge in [-0.1, -0.05) is 18.2 Å². The Bertz CT molecular complexity index is 1360. The van der Waals surface area contributed by atoms with Gasteiger partial charge in [0.25, 0.3) is 0 Å². The average molecular weight is 484 g/mol. The Labute approximate surface area is 197 Å². The molecule has 34 heavy (non-hydrogen) atoms. The molecule has 1 aromatic heterocycles. The number of carbonyl (C=O) groups is 1. The predicted molar refractivity (Wildman–Crippen MR) is 124 cm³/mol. The first kappa shape index (κ1) is 23.7. The summed E-state index contributed by atoms with van der Waals surface area (Å²) in [7, 11) is -3.68. The summed E-state index contributed by atoms with van der Waals surface area (Å²) < 4.78 is 55.0. The maximum Gasteiger partial charge on any atom is 0.246 e. The second-order valence-electron chi connectivity index (χ2n) is 7.97. The minimum absolute atomic E-state index is 0.00367. The summed E-state index contributed by atoms with van der Waals surface area (Å²) in [6, 6.07) is 11.2. The molecule has 1 N–H and O–H groups in total. The summed E-state index contributed by atoms with van der Waals surface area (Å²) in [6.07, 6.45) is 4.69. The molecule has 1 aliphatic rings. The highest BCUT2D eigenvalue weighted by atomic mass is 32.2. The fourth-order valence-corrected chi connectivity index (χ4v) is 4.92. The third kappa shape index (κ3) is 5.21. The van der Waals surface area contributed by atoms with Crippen LogP contribution in [0.15, 0.2) is 65.7 Å². The van der Waals surface area contributed by atoms with Gasteiger partial charge in [-0.25, -0.2) is 21.9 Å². The highest BCUT2D eigenvalue weighted by molar-refractivity contribution is 7.89. The largest absolute Gasteiger partial charge is 0.334 e. The van der Waals surface area contributed by atoms with E-state index in [1.165, 1.54) is 24.3 Å². The molecule has 0 saturated carbocycles. The highest BCUT2D eigenvalue weighted by Crippen LogP contribution is 2.25. The van der Waals surface area contributed by atoms with Crippen molar-refractivity contribution in [2.75, 3.05) is 6.54 Å². The number of benzene rings is 2. The number of fused-ring (bicyclic) bond motifs is 1. The molecule has 0 saturated heterocycles. The van der Waals surface area contributed by atoms with Gasteiger partial charge < -0.3 is 4.90 Å². The van der Waals surface area contributed by atoms with E-state index < -0.39 is 21.7 Å². The van der Waals surface area contributed by atoms with E-state index in [1.807, 2.05) is 6.92 Å². The van der Waals surface area contributed by atoms with E-state index in [4.69, 9.17) is 0 Å². The number of hydrogen-bond donors (Lipinski definition) is 1. The Morgan fingerprint density at radius 2 is 1.94 bits per heavy atom. The van der Waals surface area contributed by atoms with Crippen molar-refractivity contribution in [3.05, 3.63) is 100 Å². The van der Waals surface area contributed by atoms with Crippen molar-refractivity contribution in [3.63, 3.8) is 0 Å². The van der Waals surface area contributed by atoms with Crippen LogP contribution in [0.3, 0.4) is 0 Å². The number of halogens is 2. The van der Waals surface area contributed by atoms with E-state index in [0.717, 1.165) is 40.6 Å². The zero-order valence-electron chi connectivity index (χ0n) is 18.5.